The van der Waals surface area contributed by atoms with Crippen molar-refractivity contribution >= 4 is 50.7 Å². The van der Waals surface area contributed by atoms with Gasteiger partial charge in [-0.1, -0.05) is 151 Å². The Morgan fingerprint density at radius 3 is 1.75 bits per heavy atom. The van der Waals surface area contributed by atoms with Crippen LogP contribution in [0.4, 0.5) is 17.1 Å². The molecule has 6 rings (SSSR count). The molecule has 0 radical (unpaired) electrons. The first-order valence-corrected chi connectivity index (χ1v) is 21.8. The van der Waals surface area contributed by atoms with Gasteiger partial charge in [-0.25, -0.2) is 10.0 Å². The van der Waals surface area contributed by atoms with Crippen LogP contribution in [-0.4, -0.2) is 54.0 Å². The first-order chi connectivity index (χ1) is 28.9. The molecule has 2 amide bonds. The van der Waals surface area contributed by atoms with Gasteiger partial charge in [0.2, 0.25) is 0 Å². The third-order valence-corrected chi connectivity index (χ3v) is 10.7. The molecular weight excluding hydrogens is 729 g/mol. The van der Waals surface area contributed by atoms with Gasteiger partial charge in [-0.15, -0.1) is 0 Å². The third-order valence-electron chi connectivity index (χ3n) is 10.7. The predicted molar refractivity (Wildman–Crippen MR) is 248 cm³/mol. The van der Waals surface area contributed by atoms with Gasteiger partial charge in [-0.05, 0) is 61.4 Å². The van der Waals surface area contributed by atoms with Crippen LogP contribution in [0.15, 0.2) is 128 Å². The fraction of sp³-hybridized carbons (Fsp3) is 0.373. The maximum absolute atomic E-state index is 13.1. The van der Waals surface area contributed by atoms with Crippen LogP contribution in [0.2, 0.25) is 0 Å². The number of aromatic nitrogens is 2. The molecule has 0 saturated heterocycles. The molecule has 0 atom stereocenters. The van der Waals surface area contributed by atoms with Crippen molar-refractivity contribution in [2.75, 3.05) is 42.4 Å². The number of amides is 2. The molecule has 8 nitrogen and oxygen atoms in total. The summed E-state index contributed by atoms with van der Waals surface area (Å²) >= 11 is 0. The second-order valence-electron chi connectivity index (χ2n) is 15.4. The van der Waals surface area contributed by atoms with Crippen LogP contribution in [-0.2, 0) is 0 Å². The van der Waals surface area contributed by atoms with Crippen molar-refractivity contribution in [2.45, 2.75) is 97.3 Å². The zero-order valence-electron chi connectivity index (χ0n) is 35.8. The van der Waals surface area contributed by atoms with Crippen molar-refractivity contribution in [1.82, 2.24) is 15.0 Å². The molecule has 0 saturated carbocycles. The van der Waals surface area contributed by atoms with E-state index in [0.717, 1.165) is 59.1 Å². The van der Waals surface area contributed by atoms with E-state index in [-0.39, 0.29) is 11.8 Å². The molecule has 59 heavy (non-hydrogen) atoms. The smallest absolute Gasteiger partial charge is 0.272 e. The fourth-order valence-electron chi connectivity index (χ4n) is 7.42. The van der Waals surface area contributed by atoms with E-state index in [1.165, 1.54) is 70.6 Å². The van der Waals surface area contributed by atoms with Crippen molar-refractivity contribution in [1.29, 1.82) is 0 Å². The fourth-order valence-corrected chi connectivity index (χ4v) is 7.42. The number of unbranched alkanes of at least 4 members (excludes halogenated alkanes) is 11. The zero-order valence-corrected chi connectivity index (χ0v) is 35.8. The summed E-state index contributed by atoms with van der Waals surface area (Å²) in [5.74, 6) is -0.150. The summed E-state index contributed by atoms with van der Waals surface area (Å²) in [6.45, 7) is 6.11. The van der Waals surface area contributed by atoms with Crippen molar-refractivity contribution < 1.29 is 9.59 Å². The molecular formula is C51H64N6O2. The van der Waals surface area contributed by atoms with Gasteiger partial charge in [0.25, 0.3) is 11.8 Å². The molecule has 0 aliphatic rings. The minimum absolute atomic E-state index is 0.0522. The van der Waals surface area contributed by atoms with Crippen LogP contribution in [0.1, 0.15) is 118 Å². The number of hydrazine groups is 1. The van der Waals surface area contributed by atoms with Gasteiger partial charge >= 0.3 is 0 Å². The molecule has 2 aromatic heterocycles. The number of rotatable bonds is 21. The SMILES string of the molecule is CCCCCCCCCCCCCCN(C)c1ccccc1C(=O)Nc1cnc2ccccc2c1.CCCN(C)N(C(=O)c1ccccc1)c1cnc2ccccc2c1. The van der Waals surface area contributed by atoms with Gasteiger partial charge in [0.1, 0.15) is 0 Å². The predicted octanol–water partition coefficient (Wildman–Crippen LogP) is 12.8. The van der Waals surface area contributed by atoms with E-state index in [1.807, 2.05) is 127 Å². The quantitative estimate of drug-likeness (QED) is 0.0577. The Balaban J connectivity index is 0.000000240. The van der Waals surface area contributed by atoms with Gasteiger partial charge in [0, 0.05) is 49.2 Å². The minimum atomic E-state index is -0.0979. The Morgan fingerprint density at radius 1 is 0.559 bits per heavy atom. The number of nitrogens with zero attached hydrogens (tertiary/aromatic N) is 5. The molecule has 8 heteroatoms. The van der Waals surface area contributed by atoms with Crippen molar-refractivity contribution in [3.8, 4) is 0 Å². The molecule has 6 aromatic rings. The summed E-state index contributed by atoms with van der Waals surface area (Å²) in [7, 11) is 4.02. The topological polar surface area (TPSA) is 81.7 Å². The number of carbonyl (C=O) groups excluding carboxylic acids is 2. The Kier molecular flexibility index (Phi) is 18.4. The number of para-hydroxylation sites is 3. The summed E-state index contributed by atoms with van der Waals surface area (Å²) in [5.41, 5.74) is 5.67. The van der Waals surface area contributed by atoms with Gasteiger partial charge < -0.3 is 10.2 Å². The second kappa shape index (κ2) is 24.4. The number of benzene rings is 4. The first-order valence-electron chi connectivity index (χ1n) is 21.8. The molecule has 4 aromatic carbocycles. The lowest BCUT2D eigenvalue weighted by molar-refractivity contribution is 0.0914. The maximum atomic E-state index is 13.1. The van der Waals surface area contributed by atoms with Crippen molar-refractivity contribution in [3.63, 3.8) is 0 Å². The van der Waals surface area contributed by atoms with Crippen LogP contribution in [0.3, 0.4) is 0 Å². The molecule has 0 aliphatic carbocycles. The van der Waals surface area contributed by atoms with Crippen LogP contribution in [0.25, 0.3) is 21.8 Å². The van der Waals surface area contributed by atoms with Gasteiger partial charge in [-0.3, -0.25) is 19.6 Å². The molecule has 310 valence electrons. The lowest BCUT2D eigenvalue weighted by Gasteiger charge is -2.31. The highest BCUT2D eigenvalue weighted by atomic mass is 16.2. The van der Waals surface area contributed by atoms with E-state index in [2.05, 4.69) is 41.1 Å². The molecule has 0 unspecified atom stereocenters. The summed E-state index contributed by atoms with van der Waals surface area (Å²) in [6, 6.07) is 37.0. The van der Waals surface area contributed by atoms with Crippen molar-refractivity contribution in [3.05, 3.63) is 139 Å². The van der Waals surface area contributed by atoms with E-state index in [1.54, 1.807) is 17.4 Å². The highest BCUT2D eigenvalue weighted by Gasteiger charge is 2.22. The molecule has 0 bridgehead atoms. The van der Waals surface area contributed by atoms with Gasteiger partial charge in [0.15, 0.2) is 0 Å². The van der Waals surface area contributed by atoms with Gasteiger partial charge in [0.05, 0.1) is 40.4 Å². The number of fused-ring (bicyclic) bond motifs is 2. The largest absolute Gasteiger partial charge is 0.374 e. The normalized spacial score (nSPS) is 11.0. The maximum Gasteiger partial charge on any atom is 0.272 e. The van der Waals surface area contributed by atoms with Crippen LogP contribution >= 0.6 is 0 Å². The van der Waals surface area contributed by atoms with E-state index in [0.29, 0.717) is 16.8 Å². The molecule has 1 N–H and O–H groups in total. The molecule has 0 fully saturated rings. The summed E-state index contributed by atoms with van der Waals surface area (Å²) < 4.78 is 0. The third kappa shape index (κ3) is 13.7. The Hall–Kier alpha value is -5.60. The molecule has 0 spiro atoms. The molecule has 0 aliphatic heterocycles. The number of hydrogen-bond acceptors (Lipinski definition) is 6. The number of pyridine rings is 2. The van der Waals surface area contributed by atoms with Crippen LogP contribution in [0, 0.1) is 0 Å². The average molecular weight is 793 g/mol. The first kappa shape index (κ1) is 44.5. The average Bonchev–Trinajstić information content (AvgIpc) is 3.27. The Labute approximate surface area is 352 Å². The second-order valence-corrected chi connectivity index (χ2v) is 15.4. The number of anilines is 3. The zero-order chi connectivity index (χ0) is 41.7. The Bertz CT molecular complexity index is 2170. The van der Waals surface area contributed by atoms with Crippen LogP contribution in [0.5, 0.6) is 0 Å². The highest BCUT2D eigenvalue weighted by molar-refractivity contribution is 6.08. The lowest BCUT2D eigenvalue weighted by atomic mass is 10.1. The van der Waals surface area contributed by atoms with E-state index in [4.69, 9.17) is 0 Å². The highest BCUT2D eigenvalue weighted by Crippen LogP contribution is 2.25. The van der Waals surface area contributed by atoms with Gasteiger partial charge in [-0.2, -0.15) is 0 Å². The monoisotopic (exact) mass is 793 g/mol. The number of carbonyl (C=O) groups is 2. The minimum Gasteiger partial charge on any atom is -0.374 e. The van der Waals surface area contributed by atoms with Crippen LogP contribution < -0.4 is 15.2 Å². The standard InChI is InChI=1S/C31H43N3O.C20H21N3O/c1-3-4-5-6-7-8-9-10-11-12-13-18-23-34(2)30-22-17-15-20-28(30)31(35)33-27-24-26-19-14-16-21-29(26)32-25-27;1-3-13-22(2)23(20(24)16-9-5-4-6-10-16)18-14-17-11-7-8-12-19(17)21-15-18/h14-17,19-22,24-25H,3-13,18,23H2,1-2H3,(H,33,35);4-12,14-15H,3,13H2,1-2H3. The van der Waals surface area contributed by atoms with Crippen molar-refractivity contribution in [2.24, 2.45) is 0 Å². The number of hydrogen-bond donors (Lipinski definition) is 1. The summed E-state index contributed by atoms with van der Waals surface area (Å²) in [5, 5.41) is 8.72. The van der Waals surface area contributed by atoms with E-state index < -0.39 is 0 Å². The summed E-state index contributed by atoms with van der Waals surface area (Å²) in [4.78, 5) is 37.3. The number of nitrogens with one attached hydrogen (secondary N) is 1. The van der Waals surface area contributed by atoms with E-state index in [9.17, 15) is 9.59 Å². The lowest BCUT2D eigenvalue weighted by Crippen LogP contribution is -2.45. The molecule has 2 heterocycles. The van der Waals surface area contributed by atoms with E-state index >= 15 is 0 Å². The Morgan fingerprint density at radius 2 is 1.10 bits per heavy atom. The summed E-state index contributed by atoms with van der Waals surface area (Å²) in [6.07, 6.45) is 20.6.